The third-order valence-electron chi connectivity index (χ3n) is 11.2. The van der Waals surface area contributed by atoms with Crippen LogP contribution in [0.4, 0.5) is 13.2 Å². The van der Waals surface area contributed by atoms with Gasteiger partial charge in [0.25, 0.3) is 11.5 Å². The number of fused-ring (bicyclic) bond motifs is 1. The van der Waals surface area contributed by atoms with E-state index in [1.165, 1.54) is 55.6 Å². The Hall–Kier alpha value is -3.42. The van der Waals surface area contributed by atoms with Crippen molar-refractivity contribution >= 4 is 17.2 Å². The number of rotatable bonds is 4. The number of amides is 1. The zero-order valence-electron chi connectivity index (χ0n) is 25.5. The van der Waals surface area contributed by atoms with Crippen molar-refractivity contribution in [3.63, 3.8) is 0 Å². The molecule has 5 fully saturated rings. The summed E-state index contributed by atoms with van der Waals surface area (Å²) in [6, 6.07) is 6.32. The highest BCUT2D eigenvalue weighted by Crippen LogP contribution is 2.60. The zero-order chi connectivity index (χ0) is 31.8. The van der Waals surface area contributed by atoms with Crippen LogP contribution in [0, 0.1) is 35.0 Å². The molecule has 5 aliphatic carbocycles. The molecule has 5 saturated carbocycles. The number of hydrogen-bond acceptors (Lipinski definition) is 5. The minimum atomic E-state index is -4.60. The third kappa shape index (κ3) is 5.29. The molecule has 0 unspecified atom stereocenters. The Labute approximate surface area is 269 Å². The van der Waals surface area contributed by atoms with Crippen LogP contribution in [0.25, 0.3) is 0 Å². The monoisotopic (exact) mass is 647 g/mol. The van der Waals surface area contributed by atoms with E-state index in [1.807, 2.05) is 0 Å². The molecule has 46 heavy (non-hydrogen) atoms. The zero-order valence-corrected chi connectivity index (χ0v) is 26.3. The molecule has 1 aromatic carbocycles. The van der Waals surface area contributed by atoms with Gasteiger partial charge in [-0.1, -0.05) is 24.0 Å². The van der Waals surface area contributed by atoms with Crippen LogP contribution in [0.3, 0.4) is 0 Å². The first kappa shape index (κ1) is 29.9. The van der Waals surface area contributed by atoms with Gasteiger partial charge in [-0.3, -0.25) is 9.59 Å². The number of aromatic nitrogens is 2. The van der Waals surface area contributed by atoms with Gasteiger partial charge in [0.1, 0.15) is 5.82 Å². The number of alkyl halides is 3. The molecule has 1 atom stereocenters. The number of carbonyl (C=O) groups excluding carboxylic acids is 1. The number of carbonyl (C=O) groups is 1. The number of hydrogen-bond donors (Lipinski definition) is 2. The molecule has 6 aliphatic rings. The minimum absolute atomic E-state index is 0.0666. The number of benzene rings is 1. The molecule has 0 spiro atoms. The fourth-order valence-electron chi connectivity index (χ4n) is 9.08. The van der Waals surface area contributed by atoms with Crippen molar-refractivity contribution in [3.8, 4) is 11.8 Å². The molecular weight excluding hydrogens is 611 g/mol. The Bertz CT molecular complexity index is 1790. The van der Waals surface area contributed by atoms with Crippen molar-refractivity contribution in [1.29, 1.82) is 0 Å². The van der Waals surface area contributed by atoms with Gasteiger partial charge in [-0.05, 0) is 106 Å². The number of aliphatic hydroxyl groups is 1. The van der Waals surface area contributed by atoms with Gasteiger partial charge in [-0.2, -0.15) is 13.2 Å². The number of aliphatic hydroxyl groups excluding tert-OH is 1. The third-order valence-corrected chi connectivity index (χ3v) is 12.3. The molecule has 10 heteroatoms. The summed E-state index contributed by atoms with van der Waals surface area (Å²) in [5.41, 5.74) is 0.470. The van der Waals surface area contributed by atoms with Crippen LogP contribution >= 0.6 is 11.3 Å². The van der Waals surface area contributed by atoms with Crippen LogP contribution in [0.1, 0.15) is 103 Å². The first-order valence-corrected chi connectivity index (χ1v) is 17.3. The Morgan fingerprint density at radius 1 is 1.11 bits per heavy atom. The second-order valence-electron chi connectivity index (χ2n) is 14.5. The van der Waals surface area contributed by atoms with Gasteiger partial charge in [0.05, 0.1) is 28.8 Å². The molecule has 6 nitrogen and oxygen atoms in total. The number of H-pyrrole nitrogens is 1. The maximum Gasteiger partial charge on any atom is 0.416 e. The lowest BCUT2D eigenvalue weighted by atomic mass is 9.50. The van der Waals surface area contributed by atoms with Gasteiger partial charge in [0, 0.05) is 27.8 Å². The van der Waals surface area contributed by atoms with Crippen LogP contribution < -0.4 is 5.56 Å². The fraction of sp³-hybridized carbons (Fsp3) is 0.528. The SMILES string of the molecule is O=C([C@H](O)c1cccc(C(F)(F)F)c1)N1CCCc2nc(C3(c4cc(C#CC56CC7CC(CC(C7)C5)C6)cs4)CC3)[nH]c(=O)c2C1. The number of aromatic amines is 1. The van der Waals surface area contributed by atoms with E-state index >= 15 is 0 Å². The highest BCUT2D eigenvalue weighted by Gasteiger charge is 2.51. The van der Waals surface area contributed by atoms with E-state index in [-0.39, 0.29) is 35.0 Å². The molecule has 9 rings (SSSR count). The molecule has 240 valence electrons. The van der Waals surface area contributed by atoms with Gasteiger partial charge < -0.3 is 15.0 Å². The molecule has 2 aromatic heterocycles. The van der Waals surface area contributed by atoms with Crippen molar-refractivity contribution < 1.29 is 23.1 Å². The average Bonchev–Trinajstić information content (AvgIpc) is 3.74. The van der Waals surface area contributed by atoms with E-state index in [2.05, 4.69) is 28.3 Å². The molecule has 0 radical (unpaired) electrons. The lowest BCUT2D eigenvalue weighted by molar-refractivity contribution is -0.142. The molecule has 1 amide bonds. The first-order valence-electron chi connectivity index (χ1n) is 16.4. The highest BCUT2D eigenvalue weighted by atomic mass is 32.1. The predicted molar refractivity (Wildman–Crippen MR) is 167 cm³/mol. The topological polar surface area (TPSA) is 86.3 Å². The average molecular weight is 648 g/mol. The largest absolute Gasteiger partial charge is 0.416 e. The summed E-state index contributed by atoms with van der Waals surface area (Å²) in [6.07, 6.45) is 4.33. The smallest absolute Gasteiger partial charge is 0.378 e. The Morgan fingerprint density at radius 2 is 1.83 bits per heavy atom. The number of nitrogens with one attached hydrogen (secondary N) is 1. The predicted octanol–water partition coefficient (Wildman–Crippen LogP) is 6.51. The maximum absolute atomic E-state index is 13.5. The van der Waals surface area contributed by atoms with Crippen molar-refractivity contribution in [3.05, 3.63) is 84.7 Å². The van der Waals surface area contributed by atoms with E-state index in [1.54, 1.807) is 11.3 Å². The quantitative estimate of drug-likeness (QED) is 0.317. The second kappa shape index (κ2) is 10.8. The Balaban J connectivity index is 1.01. The molecule has 4 bridgehead atoms. The van der Waals surface area contributed by atoms with Gasteiger partial charge in [0.15, 0.2) is 6.10 Å². The summed E-state index contributed by atoms with van der Waals surface area (Å²) >= 11 is 1.67. The lowest BCUT2D eigenvalue weighted by Gasteiger charge is -2.54. The summed E-state index contributed by atoms with van der Waals surface area (Å²) in [7, 11) is 0. The van der Waals surface area contributed by atoms with Crippen LogP contribution in [0.5, 0.6) is 0 Å². The van der Waals surface area contributed by atoms with Gasteiger partial charge in [0.2, 0.25) is 0 Å². The maximum atomic E-state index is 13.5. The van der Waals surface area contributed by atoms with E-state index in [0.717, 1.165) is 53.2 Å². The van der Waals surface area contributed by atoms with Crippen LogP contribution in [-0.2, 0) is 29.4 Å². The summed E-state index contributed by atoms with van der Waals surface area (Å²) in [6.45, 7) is 0.185. The van der Waals surface area contributed by atoms with Crippen LogP contribution in [0.2, 0.25) is 0 Å². The minimum Gasteiger partial charge on any atom is -0.378 e. The lowest BCUT2D eigenvalue weighted by Crippen LogP contribution is -2.45. The Kier molecular flexibility index (Phi) is 7.04. The molecule has 2 N–H and O–H groups in total. The number of halogens is 3. The van der Waals surface area contributed by atoms with Crippen molar-refractivity contribution in [1.82, 2.24) is 14.9 Å². The highest BCUT2D eigenvalue weighted by molar-refractivity contribution is 7.10. The number of aryl methyl sites for hydroxylation is 1. The molecule has 3 aromatic rings. The molecule has 1 aliphatic heterocycles. The van der Waals surface area contributed by atoms with Gasteiger partial charge >= 0.3 is 6.18 Å². The van der Waals surface area contributed by atoms with Gasteiger partial charge in [-0.25, -0.2) is 4.98 Å². The first-order chi connectivity index (χ1) is 22.0. The second-order valence-corrected chi connectivity index (χ2v) is 15.4. The van der Waals surface area contributed by atoms with Crippen molar-refractivity contribution in [2.45, 2.75) is 88.4 Å². The van der Waals surface area contributed by atoms with Crippen LogP contribution in [0.15, 0.2) is 40.5 Å². The van der Waals surface area contributed by atoms with Gasteiger partial charge in [-0.15, -0.1) is 11.3 Å². The summed E-state index contributed by atoms with van der Waals surface area (Å²) < 4.78 is 39.6. The number of thiophene rings is 1. The number of nitrogens with zero attached hydrogens (tertiary/aromatic N) is 2. The van der Waals surface area contributed by atoms with Crippen molar-refractivity contribution in [2.24, 2.45) is 23.2 Å². The van der Waals surface area contributed by atoms with E-state index < -0.39 is 23.8 Å². The normalized spacial score (nSPS) is 28.2. The fourth-order valence-corrected chi connectivity index (χ4v) is 10.2. The summed E-state index contributed by atoms with van der Waals surface area (Å²) in [5.74, 6) is 9.76. The standard InChI is InChI=1S/C36H36F3N3O3S/c37-36(38,39)26-4-1-3-25(15-26)30(43)32(45)42-10-2-5-28-27(19-42)31(44)41-33(40-28)35(8-9-35)29-14-21(20-46-29)6-7-34-16-22-11-23(17-34)13-24(12-22)18-34/h1,3-4,14-15,20,22-24,30,43H,2,5,8-13,16-19H2,(H,40,41,44)/t22?,23?,24?,30-,34?/m1/s1. The molecular formula is C36H36F3N3O3S. The summed E-state index contributed by atoms with van der Waals surface area (Å²) in [4.78, 5) is 37.2. The van der Waals surface area contributed by atoms with E-state index in [9.17, 15) is 27.9 Å². The van der Waals surface area contributed by atoms with E-state index in [4.69, 9.17) is 4.98 Å². The molecule has 0 saturated heterocycles. The van der Waals surface area contributed by atoms with Crippen LogP contribution in [-0.4, -0.2) is 32.4 Å². The van der Waals surface area contributed by atoms with E-state index in [0.29, 0.717) is 29.9 Å². The Morgan fingerprint density at radius 3 is 2.50 bits per heavy atom. The van der Waals surface area contributed by atoms with Crippen molar-refractivity contribution in [2.75, 3.05) is 6.54 Å². The molecule has 3 heterocycles. The summed E-state index contributed by atoms with van der Waals surface area (Å²) in [5, 5.41) is 12.9.